The third-order valence-electron chi connectivity index (χ3n) is 2.62. The van der Waals surface area contributed by atoms with E-state index in [0.29, 0.717) is 5.22 Å². The fourth-order valence-corrected chi connectivity index (χ4v) is 2.07. The van der Waals surface area contributed by atoms with Crippen molar-refractivity contribution < 1.29 is 9.52 Å². The zero-order valence-electron chi connectivity index (χ0n) is 7.22. The van der Waals surface area contributed by atoms with Crippen molar-refractivity contribution >= 4 is 11.6 Å². The normalized spacial score (nSPS) is 27.3. The molecule has 3 N–H and O–H groups in total. The second-order valence-corrected chi connectivity index (χ2v) is 3.93. The minimum Gasteiger partial charge on any atom is -0.449 e. The topological polar surface area (TPSA) is 59.4 Å². The molecule has 4 heteroatoms. The van der Waals surface area contributed by atoms with Crippen LogP contribution in [0.5, 0.6) is 0 Å². The Morgan fingerprint density at radius 1 is 1.69 bits per heavy atom. The van der Waals surface area contributed by atoms with E-state index >= 15 is 0 Å². The zero-order valence-corrected chi connectivity index (χ0v) is 7.97. The SMILES string of the molecule is NC1(CO)CCCc2oc(Cl)cc21. The maximum absolute atomic E-state index is 9.20. The van der Waals surface area contributed by atoms with E-state index in [0.717, 1.165) is 30.6 Å². The molecule has 1 aliphatic rings. The fraction of sp³-hybridized carbons (Fsp3) is 0.556. The molecule has 0 saturated carbocycles. The van der Waals surface area contributed by atoms with Gasteiger partial charge < -0.3 is 15.3 Å². The highest BCUT2D eigenvalue weighted by Crippen LogP contribution is 2.36. The van der Waals surface area contributed by atoms with Gasteiger partial charge in [-0.25, -0.2) is 0 Å². The van der Waals surface area contributed by atoms with Crippen molar-refractivity contribution in [3.8, 4) is 0 Å². The Balaban J connectivity index is 2.47. The molecule has 1 aliphatic carbocycles. The van der Waals surface area contributed by atoms with Gasteiger partial charge in [-0.2, -0.15) is 0 Å². The van der Waals surface area contributed by atoms with E-state index in [1.54, 1.807) is 6.07 Å². The Morgan fingerprint density at radius 2 is 2.46 bits per heavy atom. The molecule has 1 unspecified atom stereocenters. The smallest absolute Gasteiger partial charge is 0.193 e. The highest BCUT2D eigenvalue weighted by atomic mass is 35.5. The molecule has 0 amide bonds. The molecule has 3 nitrogen and oxygen atoms in total. The first-order valence-corrected chi connectivity index (χ1v) is 4.72. The van der Waals surface area contributed by atoms with Gasteiger partial charge in [0.1, 0.15) is 5.76 Å². The summed E-state index contributed by atoms with van der Waals surface area (Å²) in [4.78, 5) is 0. The molecule has 1 heterocycles. The number of fused-ring (bicyclic) bond motifs is 1. The number of aryl methyl sites for hydroxylation is 1. The molecule has 0 radical (unpaired) electrons. The first kappa shape index (κ1) is 9.06. The van der Waals surface area contributed by atoms with E-state index in [2.05, 4.69) is 0 Å². The van der Waals surface area contributed by atoms with Crippen LogP contribution in [0.1, 0.15) is 24.2 Å². The third-order valence-corrected chi connectivity index (χ3v) is 2.81. The van der Waals surface area contributed by atoms with Crippen molar-refractivity contribution in [2.24, 2.45) is 5.73 Å². The Kier molecular flexibility index (Phi) is 2.10. The predicted octanol–water partition coefficient (Wildman–Crippen LogP) is 1.42. The van der Waals surface area contributed by atoms with Crippen molar-refractivity contribution in [1.29, 1.82) is 0 Å². The quantitative estimate of drug-likeness (QED) is 0.723. The highest BCUT2D eigenvalue weighted by Gasteiger charge is 2.34. The zero-order chi connectivity index (χ0) is 9.47. The van der Waals surface area contributed by atoms with Crippen LogP contribution in [0.4, 0.5) is 0 Å². The number of hydrogen-bond acceptors (Lipinski definition) is 3. The molecule has 72 valence electrons. The largest absolute Gasteiger partial charge is 0.449 e. The summed E-state index contributed by atoms with van der Waals surface area (Å²) in [6, 6.07) is 1.71. The van der Waals surface area contributed by atoms with E-state index < -0.39 is 5.54 Å². The van der Waals surface area contributed by atoms with Crippen LogP contribution in [0.3, 0.4) is 0 Å². The first-order chi connectivity index (χ1) is 6.15. The molecule has 0 aliphatic heterocycles. The fourth-order valence-electron chi connectivity index (χ4n) is 1.87. The standard InChI is InChI=1S/C9H12ClNO2/c10-8-4-6-7(13-8)2-1-3-9(6,11)5-12/h4,12H,1-3,5,11H2. The van der Waals surface area contributed by atoms with E-state index in [1.807, 2.05) is 0 Å². The minimum absolute atomic E-state index is 0.0597. The van der Waals surface area contributed by atoms with Gasteiger partial charge in [0.25, 0.3) is 0 Å². The number of nitrogens with two attached hydrogens (primary N) is 1. The Labute approximate surface area is 81.5 Å². The van der Waals surface area contributed by atoms with Gasteiger partial charge in [-0.3, -0.25) is 0 Å². The van der Waals surface area contributed by atoms with Crippen molar-refractivity contribution in [3.63, 3.8) is 0 Å². The van der Waals surface area contributed by atoms with Crippen molar-refractivity contribution in [2.45, 2.75) is 24.8 Å². The lowest BCUT2D eigenvalue weighted by Gasteiger charge is -2.30. The molecule has 1 atom stereocenters. The minimum atomic E-state index is -0.649. The number of furan rings is 1. The summed E-state index contributed by atoms with van der Waals surface area (Å²) in [5.74, 6) is 0.827. The summed E-state index contributed by atoms with van der Waals surface area (Å²) in [5.41, 5.74) is 6.23. The average Bonchev–Trinajstić information content (AvgIpc) is 2.48. The number of aliphatic hydroxyl groups is 1. The lowest BCUT2D eigenvalue weighted by atomic mass is 9.81. The molecular formula is C9H12ClNO2. The summed E-state index contributed by atoms with van der Waals surface area (Å²) >= 11 is 5.73. The van der Waals surface area contributed by atoms with Gasteiger partial charge in [0, 0.05) is 18.1 Å². The van der Waals surface area contributed by atoms with Gasteiger partial charge in [-0.05, 0) is 24.4 Å². The van der Waals surface area contributed by atoms with Gasteiger partial charge in [-0.1, -0.05) is 0 Å². The first-order valence-electron chi connectivity index (χ1n) is 4.34. The van der Waals surface area contributed by atoms with Crippen LogP contribution < -0.4 is 5.73 Å². The number of halogens is 1. The van der Waals surface area contributed by atoms with Gasteiger partial charge >= 0.3 is 0 Å². The molecule has 2 rings (SSSR count). The van der Waals surface area contributed by atoms with Crippen molar-refractivity contribution in [2.75, 3.05) is 6.61 Å². The van der Waals surface area contributed by atoms with E-state index in [9.17, 15) is 5.11 Å². The summed E-state index contributed by atoms with van der Waals surface area (Å²) in [6.45, 7) is -0.0597. The summed E-state index contributed by atoms with van der Waals surface area (Å²) in [5, 5.41) is 9.55. The van der Waals surface area contributed by atoms with Gasteiger partial charge in [-0.15, -0.1) is 0 Å². The summed E-state index contributed by atoms with van der Waals surface area (Å²) in [7, 11) is 0. The highest BCUT2D eigenvalue weighted by molar-refractivity contribution is 6.28. The van der Waals surface area contributed by atoms with E-state index in [1.165, 1.54) is 0 Å². The van der Waals surface area contributed by atoms with Crippen LogP contribution in [0.15, 0.2) is 10.5 Å². The second kappa shape index (κ2) is 3.01. The van der Waals surface area contributed by atoms with Crippen LogP contribution in [-0.4, -0.2) is 11.7 Å². The average molecular weight is 202 g/mol. The van der Waals surface area contributed by atoms with Crippen molar-refractivity contribution in [1.82, 2.24) is 0 Å². The summed E-state index contributed by atoms with van der Waals surface area (Å²) < 4.78 is 5.28. The van der Waals surface area contributed by atoms with Crippen LogP contribution in [0.2, 0.25) is 5.22 Å². The van der Waals surface area contributed by atoms with E-state index in [4.69, 9.17) is 21.8 Å². The maximum Gasteiger partial charge on any atom is 0.193 e. The lowest BCUT2D eigenvalue weighted by molar-refractivity contribution is 0.175. The number of rotatable bonds is 1. The summed E-state index contributed by atoms with van der Waals surface area (Å²) in [6.07, 6.45) is 2.58. The molecule has 1 aromatic rings. The lowest BCUT2D eigenvalue weighted by Crippen LogP contribution is -2.42. The van der Waals surface area contributed by atoms with E-state index in [-0.39, 0.29) is 6.61 Å². The molecule has 13 heavy (non-hydrogen) atoms. The van der Waals surface area contributed by atoms with Gasteiger partial charge in [0.2, 0.25) is 0 Å². The van der Waals surface area contributed by atoms with Crippen LogP contribution in [-0.2, 0) is 12.0 Å². The monoisotopic (exact) mass is 201 g/mol. The molecule has 1 aromatic heterocycles. The van der Waals surface area contributed by atoms with Crippen LogP contribution >= 0.6 is 11.6 Å². The Bertz CT molecular complexity index is 323. The van der Waals surface area contributed by atoms with Gasteiger partial charge in [0.05, 0.1) is 12.1 Å². The molecule has 0 saturated heterocycles. The third kappa shape index (κ3) is 1.37. The predicted molar refractivity (Wildman–Crippen MR) is 49.6 cm³/mol. The Morgan fingerprint density at radius 3 is 3.15 bits per heavy atom. The molecule has 0 spiro atoms. The molecule has 0 bridgehead atoms. The second-order valence-electron chi connectivity index (χ2n) is 3.56. The number of aliphatic hydroxyl groups excluding tert-OH is 1. The molecule has 0 aromatic carbocycles. The van der Waals surface area contributed by atoms with Crippen LogP contribution in [0, 0.1) is 0 Å². The van der Waals surface area contributed by atoms with Gasteiger partial charge in [0.15, 0.2) is 5.22 Å². The number of hydrogen-bond donors (Lipinski definition) is 2. The van der Waals surface area contributed by atoms with Crippen LogP contribution in [0.25, 0.3) is 0 Å². The molecule has 0 fully saturated rings. The Hall–Kier alpha value is -0.510. The maximum atomic E-state index is 9.20. The molecular weight excluding hydrogens is 190 g/mol. The van der Waals surface area contributed by atoms with Crippen molar-refractivity contribution in [3.05, 3.63) is 22.6 Å².